The van der Waals surface area contributed by atoms with Gasteiger partial charge in [-0.2, -0.15) is 0 Å². The first-order valence-electron chi connectivity index (χ1n) is 13.3. The number of benzene rings is 2. The number of aromatic nitrogens is 2. The summed E-state index contributed by atoms with van der Waals surface area (Å²) in [4.78, 5) is 31.1. The molecule has 0 spiro atoms. The summed E-state index contributed by atoms with van der Waals surface area (Å²) in [6, 6.07) is 22.6. The van der Waals surface area contributed by atoms with Crippen molar-refractivity contribution in [1.82, 2.24) is 20.0 Å². The molecule has 1 fully saturated rings. The first-order valence-corrected chi connectivity index (χ1v) is 13.3. The average molecular weight is 516 g/mol. The summed E-state index contributed by atoms with van der Waals surface area (Å²) in [5, 5.41) is 8.93. The van der Waals surface area contributed by atoms with E-state index in [0.29, 0.717) is 38.6 Å². The summed E-state index contributed by atoms with van der Waals surface area (Å²) >= 11 is 0. The van der Waals surface area contributed by atoms with Crippen LogP contribution in [0.5, 0.6) is 0 Å². The standard InChI is InChI=1S/C30H37N5O3/c1-4-23(2)20-35(30(37)22-38-3)21-29(36)34-18-16-33(17-19-34)28-15-14-27(31-32-28)26-12-10-25(11-13-26)24-8-6-5-7-9-24/h5-15,23H,4,16-22H2,1-3H3/t23-/m0/s1. The van der Waals surface area contributed by atoms with Gasteiger partial charge in [0.25, 0.3) is 0 Å². The molecule has 200 valence electrons. The molecule has 0 bridgehead atoms. The predicted molar refractivity (Wildman–Crippen MR) is 150 cm³/mol. The quantitative estimate of drug-likeness (QED) is 0.407. The van der Waals surface area contributed by atoms with Gasteiger partial charge in [-0.3, -0.25) is 9.59 Å². The molecular weight excluding hydrogens is 478 g/mol. The summed E-state index contributed by atoms with van der Waals surface area (Å²) in [6.45, 7) is 7.31. The largest absolute Gasteiger partial charge is 0.375 e. The maximum Gasteiger partial charge on any atom is 0.249 e. The SMILES string of the molecule is CC[C@H](C)CN(CC(=O)N1CCN(c2ccc(-c3ccc(-c4ccccc4)cc3)nn2)CC1)C(=O)COC. The second-order valence-electron chi connectivity index (χ2n) is 9.81. The van der Waals surface area contributed by atoms with E-state index in [1.54, 1.807) is 4.90 Å². The van der Waals surface area contributed by atoms with E-state index < -0.39 is 0 Å². The van der Waals surface area contributed by atoms with Gasteiger partial charge in [-0.05, 0) is 29.2 Å². The molecule has 8 nitrogen and oxygen atoms in total. The molecule has 0 radical (unpaired) electrons. The van der Waals surface area contributed by atoms with Crippen LogP contribution in [0.25, 0.3) is 22.4 Å². The van der Waals surface area contributed by atoms with Crippen LogP contribution in [-0.2, 0) is 14.3 Å². The molecule has 0 aliphatic carbocycles. The maximum absolute atomic E-state index is 13.0. The number of nitrogens with zero attached hydrogens (tertiary/aromatic N) is 5. The molecule has 2 aromatic carbocycles. The van der Waals surface area contributed by atoms with Gasteiger partial charge in [-0.1, -0.05) is 74.9 Å². The normalized spacial score (nSPS) is 14.3. The Morgan fingerprint density at radius 1 is 0.895 bits per heavy atom. The fraction of sp³-hybridized carbons (Fsp3) is 0.400. The van der Waals surface area contributed by atoms with Crippen LogP contribution >= 0.6 is 0 Å². The predicted octanol–water partition coefficient (Wildman–Crippen LogP) is 3.98. The lowest BCUT2D eigenvalue weighted by Gasteiger charge is -2.36. The van der Waals surface area contributed by atoms with E-state index in [9.17, 15) is 9.59 Å². The van der Waals surface area contributed by atoms with Crippen molar-refractivity contribution in [1.29, 1.82) is 0 Å². The highest BCUT2D eigenvalue weighted by atomic mass is 16.5. The number of methoxy groups -OCH3 is 1. The number of amides is 2. The topological polar surface area (TPSA) is 78.9 Å². The first-order chi connectivity index (χ1) is 18.5. The molecule has 1 aliphatic heterocycles. The second kappa shape index (κ2) is 13.1. The number of hydrogen-bond donors (Lipinski definition) is 0. The van der Waals surface area contributed by atoms with Crippen molar-refractivity contribution in [3.05, 3.63) is 66.7 Å². The molecule has 8 heteroatoms. The van der Waals surface area contributed by atoms with E-state index in [-0.39, 0.29) is 25.0 Å². The zero-order chi connectivity index (χ0) is 26.9. The molecule has 1 saturated heterocycles. The molecule has 2 amide bonds. The van der Waals surface area contributed by atoms with Crippen LogP contribution in [0.4, 0.5) is 5.82 Å². The van der Waals surface area contributed by atoms with Crippen LogP contribution in [0, 0.1) is 5.92 Å². The first kappa shape index (κ1) is 27.3. The van der Waals surface area contributed by atoms with Crippen LogP contribution in [0.2, 0.25) is 0 Å². The van der Waals surface area contributed by atoms with E-state index in [1.165, 1.54) is 12.7 Å². The monoisotopic (exact) mass is 515 g/mol. The lowest BCUT2D eigenvalue weighted by molar-refractivity contribution is -0.143. The second-order valence-corrected chi connectivity index (χ2v) is 9.81. The van der Waals surface area contributed by atoms with E-state index >= 15 is 0 Å². The Kier molecular flexibility index (Phi) is 9.43. The highest BCUT2D eigenvalue weighted by molar-refractivity contribution is 5.85. The zero-order valence-corrected chi connectivity index (χ0v) is 22.5. The summed E-state index contributed by atoms with van der Waals surface area (Å²) in [5.41, 5.74) is 4.19. The van der Waals surface area contributed by atoms with Gasteiger partial charge in [-0.15, -0.1) is 10.2 Å². The minimum atomic E-state index is -0.148. The third kappa shape index (κ3) is 6.95. The highest BCUT2D eigenvalue weighted by Crippen LogP contribution is 2.24. The van der Waals surface area contributed by atoms with Crippen molar-refractivity contribution in [2.24, 2.45) is 5.92 Å². The number of anilines is 1. The van der Waals surface area contributed by atoms with E-state index in [1.807, 2.05) is 35.2 Å². The van der Waals surface area contributed by atoms with Crippen LogP contribution in [-0.4, -0.2) is 84.8 Å². The van der Waals surface area contributed by atoms with Crippen molar-refractivity contribution in [3.63, 3.8) is 0 Å². The molecule has 1 aromatic heterocycles. The van der Waals surface area contributed by atoms with E-state index in [0.717, 1.165) is 29.1 Å². The summed E-state index contributed by atoms with van der Waals surface area (Å²) in [6.07, 6.45) is 0.947. The fourth-order valence-corrected chi connectivity index (χ4v) is 4.53. The Hall–Kier alpha value is -3.78. The molecule has 0 N–H and O–H groups in total. The Morgan fingerprint density at radius 2 is 1.55 bits per heavy atom. The van der Waals surface area contributed by atoms with Crippen LogP contribution in [0.15, 0.2) is 66.7 Å². The van der Waals surface area contributed by atoms with Crippen molar-refractivity contribution in [3.8, 4) is 22.4 Å². The van der Waals surface area contributed by atoms with Gasteiger partial charge in [0.2, 0.25) is 11.8 Å². The number of piperazine rings is 1. The Bertz CT molecular complexity index is 1180. The molecule has 0 saturated carbocycles. The Balaban J connectivity index is 1.32. The number of rotatable bonds is 10. The van der Waals surface area contributed by atoms with E-state index in [2.05, 4.69) is 65.3 Å². The van der Waals surface area contributed by atoms with Crippen molar-refractivity contribution < 1.29 is 14.3 Å². The number of carbonyl (C=O) groups is 2. The summed E-state index contributed by atoms with van der Waals surface area (Å²) in [5.74, 6) is 0.946. The molecule has 1 atom stereocenters. The van der Waals surface area contributed by atoms with Gasteiger partial charge < -0.3 is 19.4 Å². The van der Waals surface area contributed by atoms with Gasteiger partial charge in [0.15, 0.2) is 5.82 Å². The van der Waals surface area contributed by atoms with E-state index in [4.69, 9.17) is 4.74 Å². The molecule has 38 heavy (non-hydrogen) atoms. The smallest absolute Gasteiger partial charge is 0.249 e. The average Bonchev–Trinajstić information content (AvgIpc) is 2.97. The molecule has 1 aliphatic rings. The van der Waals surface area contributed by atoms with Gasteiger partial charge in [0, 0.05) is 45.4 Å². The molecular formula is C30H37N5O3. The third-order valence-corrected chi connectivity index (χ3v) is 7.07. The highest BCUT2D eigenvalue weighted by Gasteiger charge is 2.26. The van der Waals surface area contributed by atoms with Crippen LogP contribution in [0.3, 0.4) is 0 Å². The summed E-state index contributed by atoms with van der Waals surface area (Å²) in [7, 11) is 1.50. The van der Waals surface area contributed by atoms with Gasteiger partial charge in [-0.25, -0.2) is 0 Å². The molecule has 2 heterocycles. The number of carbonyl (C=O) groups excluding carboxylic acids is 2. The van der Waals surface area contributed by atoms with Crippen LogP contribution < -0.4 is 4.90 Å². The zero-order valence-electron chi connectivity index (χ0n) is 22.5. The van der Waals surface area contributed by atoms with Gasteiger partial charge in [0.05, 0.1) is 12.2 Å². The lowest BCUT2D eigenvalue weighted by Crippen LogP contribution is -2.52. The maximum atomic E-state index is 13.0. The number of ether oxygens (including phenoxy) is 1. The minimum Gasteiger partial charge on any atom is -0.375 e. The van der Waals surface area contributed by atoms with Crippen molar-refractivity contribution in [2.45, 2.75) is 20.3 Å². The van der Waals surface area contributed by atoms with Crippen molar-refractivity contribution >= 4 is 17.6 Å². The Labute approximate surface area is 225 Å². The number of hydrogen-bond acceptors (Lipinski definition) is 6. The fourth-order valence-electron chi connectivity index (χ4n) is 4.53. The van der Waals surface area contributed by atoms with Gasteiger partial charge >= 0.3 is 0 Å². The Morgan fingerprint density at radius 3 is 2.16 bits per heavy atom. The molecule has 4 rings (SSSR count). The minimum absolute atomic E-state index is 0.0106. The molecule has 3 aromatic rings. The lowest BCUT2D eigenvalue weighted by atomic mass is 10.0. The van der Waals surface area contributed by atoms with Crippen LogP contribution in [0.1, 0.15) is 20.3 Å². The van der Waals surface area contributed by atoms with Crippen molar-refractivity contribution in [2.75, 3.05) is 57.9 Å². The van der Waals surface area contributed by atoms with Gasteiger partial charge in [0.1, 0.15) is 6.61 Å². The summed E-state index contributed by atoms with van der Waals surface area (Å²) < 4.78 is 5.01. The molecule has 0 unspecified atom stereocenters. The third-order valence-electron chi connectivity index (χ3n) is 7.07.